The highest BCUT2D eigenvalue weighted by Gasteiger charge is 1.99. The van der Waals surface area contributed by atoms with Gasteiger partial charge in [0.15, 0.2) is 0 Å². The minimum absolute atomic E-state index is 0.894. The van der Waals surface area contributed by atoms with Gasteiger partial charge in [0.2, 0.25) is 0 Å². The van der Waals surface area contributed by atoms with Crippen molar-refractivity contribution in [3.63, 3.8) is 0 Å². The van der Waals surface area contributed by atoms with Crippen LogP contribution < -0.4 is 0 Å². The molecule has 0 aliphatic carbocycles. The van der Waals surface area contributed by atoms with Gasteiger partial charge in [0.25, 0.3) is 0 Å². The fourth-order valence-electron chi connectivity index (χ4n) is 1.10. The monoisotopic (exact) mass is 333 g/mol. The molecule has 0 spiro atoms. The molecule has 0 radical (unpaired) electrons. The van der Waals surface area contributed by atoms with Gasteiger partial charge in [-0.3, -0.25) is 0 Å². The second-order valence-corrected chi connectivity index (χ2v) is 4.42. The molecule has 0 fully saturated rings. The van der Waals surface area contributed by atoms with Crippen LogP contribution in [0, 0.1) is 3.57 Å². The van der Waals surface area contributed by atoms with Gasteiger partial charge in [-0.25, -0.2) is 4.98 Å². The van der Waals surface area contributed by atoms with Crippen molar-refractivity contribution in [2.45, 2.75) is 0 Å². The van der Waals surface area contributed by atoms with Gasteiger partial charge >= 0.3 is 0 Å². The summed E-state index contributed by atoms with van der Waals surface area (Å²) in [7, 11) is 0. The lowest BCUT2D eigenvalue weighted by Crippen LogP contribution is -1.82. The smallest absolute Gasteiger partial charge is 0.107 e. The number of nitrogens with zero attached hydrogens (tertiary/aromatic N) is 1. The van der Waals surface area contributed by atoms with Crippen LogP contribution in [0.15, 0.2) is 34.9 Å². The normalized spacial score (nSPS) is 10.5. The maximum absolute atomic E-state index is 4.35. The molecule has 0 saturated heterocycles. The summed E-state index contributed by atoms with van der Waals surface area (Å²) >= 11 is 5.68. The summed E-state index contributed by atoms with van der Waals surface area (Å²) in [5.74, 6) is 0. The van der Waals surface area contributed by atoms with Crippen molar-refractivity contribution in [3.05, 3.63) is 38.5 Å². The Balaban J connectivity index is 2.89. The Kier molecular flexibility index (Phi) is 2.32. The number of halogens is 2. The Morgan fingerprint density at radius 2 is 2.00 bits per heavy atom. The van der Waals surface area contributed by atoms with Gasteiger partial charge in [-0.1, -0.05) is 18.2 Å². The first-order valence-electron chi connectivity index (χ1n) is 3.48. The van der Waals surface area contributed by atoms with E-state index in [0.29, 0.717) is 0 Å². The van der Waals surface area contributed by atoms with Gasteiger partial charge in [-0.2, -0.15) is 0 Å². The van der Waals surface area contributed by atoms with Crippen LogP contribution in [-0.2, 0) is 0 Å². The molecule has 0 N–H and O–H groups in total. The van der Waals surface area contributed by atoms with E-state index < -0.39 is 0 Å². The van der Waals surface area contributed by atoms with Crippen LogP contribution in [0.4, 0.5) is 0 Å². The van der Waals surface area contributed by atoms with Gasteiger partial charge in [-0.05, 0) is 50.7 Å². The Hall–Kier alpha value is -0.160. The van der Waals surface area contributed by atoms with Crippen molar-refractivity contribution < 1.29 is 0 Å². The number of rotatable bonds is 0. The van der Waals surface area contributed by atoms with E-state index in [9.17, 15) is 0 Å². The van der Waals surface area contributed by atoms with Crippen molar-refractivity contribution >= 4 is 49.4 Å². The number of benzene rings is 1. The topological polar surface area (TPSA) is 12.9 Å². The molecule has 3 heteroatoms. The Bertz CT molecular complexity index is 428. The molecule has 0 amide bonds. The maximum atomic E-state index is 4.35. The molecule has 1 aromatic carbocycles. The molecule has 2 aromatic rings. The maximum Gasteiger partial charge on any atom is 0.107 e. The van der Waals surface area contributed by atoms with Crippen LogP contribution in [0.25, 0.3) is 10.9 Å². The first-order valence-corrected chi connectivity index (χ1v) is 5.35. The molecule has 0 saturated carbocycles. The Morgan fingerprint density at radius 1 is 1.25 bits per heavy atom. The molecule has 60 valence electrons. The third-order valence-electron chi connectivity index (χ3n) is 1.63. The van der Waals surface area contributed by atoms with Crippen LogP contribution >= 0.6 is 38.5 Å². The average Bonchev–Trinajstić information content (AvgIpc) is 2.04. The van der Waals surface area contributed by atoms with E-state index in [1.165, 1.54) is 8.96 Å². The van der Waals surface area contributed by atoms with Gasteiger partial charge in [0, 0.05) is 8.96 Å². The summed E-state index contributed by atoms with van der Waals surface area (Å²) in [4.78, 5) is 4.35. The molecule has 0 aliphatic rings. The molecule has 0 aliphatic heterocycles. The number of para-hydroxylation sites is 1. The lowest BCUT2D eigenvalue weighted by atomic mass is 10.2. The highest BCUT2D eigenvalue weighted by atomic mass is 127. The van der Waals surface area contributed by atoms with E-state index in [4.69, 9.17) is 0 Å². The van der Waals surface area contributed by atoms with E-state index in [1.54, 1.807) is 0 Å². The number of hydrogen-bond acceptors (Lipinski definition) is 1. The molecule has 0 atom stereocenters. The average molecular weight is 334 g/mol. The second kappa shape index (κ2) is 3.30. The van der Waals surface area contributed by atoms with Crippen molar-refractivity contribution in [2.24, 2.45) is 0 Å². The van der Waals surface area contributed by atoms with Gasteiger partial charge in [-0.15, -0.1) is 0 Å². The minimum Gasteiger partial charge on any atom is -0.241 e. The van der Waals surface area contributed by atoms with Crippen LogP contribution in [0.2, 0.25) is 0 Å². The number of aromatic nitrogens is 1. The van der Waals surface area contributed by atoms with Crippen molar-refractivity contribution in [1.82, 2.24) is 4.98 Å². The van der Waals surface area contributed by atoms with Gasteiger partial charge < -0.3 is 0 Å². The molecular formula is C9H5BrIN. The summed E-state index contributed by atoms with van der Waals surface area (Å²) in [6.45, 7) is 0. The van der Waals surface area contributed by atoms with E-state index in [0.717, 1.165) is 10.1 Å². The summed E-state index contributed by atoms with van der Waals surface area (Å²) in [5.41, 5.74) is 1.04. The molecule has 12 heavy (non-hydrogen) atoms. The summed E-state index contributed by atoms with van der Waals surface area (Å²) in [6, 6.07) is 10.1. The molecule has 1 nitrogen and oxygen atoms in total. The van der Waals surface area contributed by atoms with Crippen molar-refractivity contribution in [3.8, 4) is 0 Å². The number of hydrogen-bond donors (Lipinski definition) is 0. The van der Waals surface area contributed by atoms with Crippen LogP contribution in [-0.4, -0.2) is 4.98 Å². The first-order chi connectivity index (χ1) is 5.77. The molecule has 2 rings (SSSR count). The van der Waals surface area contributed by atoms with Crippen LogP contribution in [0.5, 0.6) is 0 Å². The lowest BCUT2D eigenvalue weighted by molar-refractivity contribution is 1.34. The predicted molar refractivity (Wildman–Crippen MR) is 62.2 cm³/mol. The van der Waals surface area contributed by atoms with Crippen LogP contribution in [0.3, 0.4) is 0 Å². The number of fused-ring (bicyclic) bond motifs is 1. The SMILES string of the molecule is Brc1cc(I)c2ccccc2n1. The van der Waals surface area contributed by atoms with E-state index in [2.05, 4.69) is 49.6 Å². The summed E-state index contributed by atoms with van der Waals surface area (Å²) in [6.07, 6.45) is 0. The quantitative estimate of drug-likeness (QED) is 0.530. The fourth-order valence-corrected chi connectivity index (χ4v) is 2.70. The fraction of sp³-hybridized carbons (Fsp3) is 0. The molecule has 0 unspecified atom stereocenters. The minimum atomic E-state index is 0.894. The summed E-state index contributed by atoms with van der Waals surface area (Å²) < 4.78 is 2.12. The third kappa shape index (κ3) is 1.47. The highest BCUT2D eigenvalue weighted by Crippen LogP contribution is 2.21. The zero-order valence-corrected chi connectivity index (χ0v) is 9.83. The first kappa shape index (κ1) is 8.44. The third-order valence-corrected chi connectivity index (χ3v) is 2.93. The van der Waals surface area contributed by atoms with Crippen LogP contribution in [0.1, 0.15) is 0 Å². The van der Waals surface area contributed by atoms with E-state index in [-0.39, 0.29) is 0 Å². The highest BCUT2D eigenvalue weighted by molar-refractivity contribution is 14.1. The molecule has 1 heterocycles. The zero-order valence-electron chi connectivity index (χ0n) is 6.09. The Labute approximate surface area is 92.5 Å². The standard InChI is InChI=1S/C9H5BrIN/c10-9-5-7(11)6-3-1-2-4-8(6)12-9/h1-5H. The largest absolute Gasteiger partial charge is 0.241 e. The van der Waals surface area contributed by atoms with Crippen molar-refractivity contribution in [2.75, 3.05) is 0 Å². The molecule has 0 bridgehead atoms. The van der Waals surface area contributed by atoms with E-state index in [1.807, 2.05) is 24.3 Å². The van der Waals surface area contributed by atoms with Gasteiger partial charge in [0.05, 0.1) is 5.52 Å². The predicted octanol–water partition coefficient (Wildman–Crippen LogP) is 3.60. The van der Waals surface area contributed by atoms with Crippen molar-refractivity contribution in [1.29, 1.82) is 0 Å². The zero-order chi connectivity index (χ0) is 8.55. The number of pyridine rings is 1. The molecule has 1 aromatic heterocycles. The Morgan fingerprint density at radius 3 is 2.83 bits per heavy atom. The lowest BCUT2D eigenvalue weighted by Gasteiger charge is -1.99. The summed E-state index contributed by atoms with van der Waals surface area (Å²) in [5, 5.41) is 1.21. The van der Waals surface area contributed by atoms with Gasteiger partial charge in [0.1, 0.15) is 4.60 Å². The second-order valence-electron chi connectivity index (χ2n) is 2.44. The van der Waals surface area contributed by atoms with E-state index >= 15 is 0 Å². The molecular weight excluding hydrogens is 329 g/mol.